The number of oxazole rings is 1. The van der Waals surface area contributed by atoms with Crippen LogP contribution < -0.4 is 4.90 Å². The van der Waals surface area contributed by atoms with Gasteiger partial charge in [0.1, 0.15) is 11.6 Å². The van der Waals surface area contributed by atoms with Crippen molar-refractivity contribution in [3.63, 3.8) is 0 Å². The predicted molar refractivity (Wildman–Crippen MR) is 157 cm³/mol. The monoisotopic (exact) mass is 563 g/mol. The van der Waals surface area contributed by atoms with E-state index < -0.39 is 11.9 Å². The van der Waals surface area contributed by atoms with E-state index in [0.717, 1.165) is 22.2 Å². The number of carbonyl (C=O) groups is 3. The van der Waals surface area contributed by atoms with E-state index in [9.17, 15) is 14.4 Å². The molecule has 0 saturated carbocycles. The highest BCUT2D eigenvalue weighted by atomic mass is 35.5. The summed E-state index contributed by atoms with van der Waals surface area (Å²) < 4.78 is 5.85. The van der Waals surface area contributed by atoms with Gasteiger partial charge in [-0.05, 0) is 66.1 Å². The molecule has 5 aromatic rings. The van der Waals surface area contributed by atoms with Crippen LogP contribution in [-0.2, 0) is 27.2 Å². The van der Waals surface area contributed by atoms with Gasteiger partial charge in [-0.15, -0.1) is 0 Å². The van der Waals surface area contributed by atoms with Gasteiger partial charge in [0.15, 0.2) is 5.58 Å². The molecule has 0 bridgehead atoms. The van der Waals surface area contributed by atoms with Gasteiger partial charge < -0.3 is 9.32 Å². The number of halogens is 1. The summed E-state index contributed by atoms with van der Waals surface area (Å²) in [6, 6.07) is 30.3. The van der Waals surface area contributed by atoms with E-state index >= 15 is 0 Å². The van der Waals surface area contributed by atoms with Gasteiger partial charge >= 0.3 is 0 Å². The van der Waals surface area contributed by atoms with E-state index in [1.54, 1.807) is 35.2 Å². The van der Waals surface area contributed by atoms with E-state index in [1.165, 1.54) is 4.90 Å². The third-order valence-electron chi connectivity index (χ3n) is 7.21. The average Bonchev–Trinajstić information content (AvgIpc) is 3.54. The number of imide groups is 1. The summed E-state index contributed by atoms with van der Waals surface area (Å²) in [6.45, 7) is 0.278. The van der Waals surface area contributed by atoms with Gasteiger partial charge in [0.2, 0.25) is 17.7 Å². The van der Waals surface area contributed by atoms with Gasteiger partial charge in [0.05, 0.1) is 18.5 Å². The first kappa shape index (κ1) is 26.5. The lowest BCUT2D eigenvalue weighted by Crippen LogP contribution is -2.47. The molecule has 3 amide bonds. The van der Waals surface area contributed by atoms with Crippen LogP contribution in [0.5, 0.6) is 0 Å². The minimum Gasteiger partial charge on any atom is -0.436 e. The van der Waals surface area contributed by atoms with Crippen molar-refractivity contribution >= 4 is 46.1 Å². The Bertz CT molecular complexity index is 1700. The van der Waals surface area contributed by atoms with Crippen LogP contribution in [0.4, 0.5) is 5.69 Å². The molecule has 0 N–H and O–H groups in total. The Hall–Kier alpha value is -4.75. The number of carbonyl (C=O) groups excluding carboxylic acids is 3. The normalized spacial score (nSPS) is 15.0. The second kappa shape index (κ2) is 11.4. The number of para-hydroxylation sites is 2. The zero-order valence-corrected chi connectivity index (χ0v) is 22.8. The average molecular weight is 564 g/mol. The Morgan fingerprint density at radius 1 is 0.902 bits per heavy atom. The number of benzene rings is 4. The number of rotatable bonds is 8. The standard InChI is InChI=1S/C33H26ClN3O4/c34-25-10-6-9-23(19-25)17-18-36(30(38)20-22-7-2-1-3-8-22)28-21-31(39)37(33(28)40)26-15-13-24(14-16-26)32-35-27-11-4-5-12-29(27)41-32/h1-16,19,28H,17-18,20-21H2. The first-order valence-corrected chi connectivity index (χ1v) is 13.7. The van der Waals surface area contributed by atoms with Gasteiger partial charge in [0.25, 0.3) is 5.91 Å². The first-order chi connectivity index (χ1) is 20.0. The fourth-order valence-electron chi connectivity index (χ4n) is 5.15. The van der Waals surface area contributed by atoms with Crippen molar-refractivity contribution in [2.24, 2.45) is 0 Å². The van der Waals surface area contributed by atoms with Crippen LogP contribution in [0.1, 0.15) is 17.5 Å². The summed E-state index contributed by atoms with van der Waals surface area (Å²) in [5, 5.41) is 0.601. The Kier molecular flexibility index (Phi) is 7.35. The van der Waals surface area contributed by atoms with Crippen LogP contribution in [0, 0.1) is 0 Å². The van der Waals surface area contributed by atoms with E-state index in [1.807, 2.05) is 72.8 Å². The van der Waals surface area contributed by atoms with E-state index in [2.05, 4.69) is 4.98 Å². The molecule has 1 aliphatic heterocycles. The van der Waals surface area contributed by atoms with Gasteiger partial charge in [0, 0.05) is 17.1 Å². The molecule has 1 fully saturated rings. The summed E-state index contributed by atoms with van der Waals surface area (Å²) in [5.74, 6) is -0.530. The highest BCUT2D eigenvalue weighted by Crippen LogP contribution is 2.30. The molecule has 204 valence electrons. The third-order valence-corrected chi connectivity index (χ3v) is 7.45. The number of anilines is 1. The maximum atomic E-state index is 13.7. The Morgan fingerprint density at radius 2 is 1.63 bits per heavy atom. The van der Waals surface area contributed by atoms with Gasteiger partial charge in [-0.2, -0.15) is 0 Å². The lowest BCUT2D eigenvalue weighted by atomic mass is 10.1. The smallest absolute Gasteiger partial charge is 0.257 e. The molecule has 6 rings (SSSR count). The van der Waals surface area contributed by atoms with Gasteiger partial charge in [-0.3, -0.25) is 14.4 Å². The second-order valence-corrected chi connectivity index (χ2v) is 10.4. The van der Waals surface area contributed by atoms with Crippen LogP contribution in [-0.4, -0.2) is 40.2 Å². The van der Waals surface area contributed by atoms with Crippen molar-refractivity contribution in [1.82, 2.24) is 9.88 Å². The Labute approximate surface area is 242 Å². The SMILES string of the molecule is O=C1CC(N(CCc2cccc(Cl)c2)C(=O)Cc2ccccc2)C(=O)N1c1ccc(-c2nc3ccccc3o2)cc1. The highest BCUT2D eigenvalue weighted by molar-refractivity contribution is 6.30. The highest BCUT2D eigenvalue weighted by Gasteiger charge is 2.44. The molecule has 4 aromatic carbocycles. The molecule has 0 spiro atoms. The minimum absolute atomic E-state index is 0.0816. The molecular weight excluding hydrogens is 538 g/mol. The molecule has 1 unspecified atom stereocenters. The van der Waals surface area contributed by atoms with E-state index in [0.29, 0.717) is 28.6 Å². The number of fused-ring (bicyclic) bond motifs is 1. The van der Waals surface area contributed by atoms with Crippen LogP contribution in [0.15, 0.2) is 108 Å². The van der Waals surface area contributed by atoms with Crippen LogP contribution >= 0.6 is 11.6 Å². The zero-order chi connectivity index (χ0) is 28.3. The quantitative estimate of drug-likeness (QED) is 0.213. The van der Waals surface area contributed by atoms with Gasteiger partial charge in [-0.25, -0.2) is 9.88 Å². The fourth-order valence-corrected chi connectivity index (χ4v) is 5.36. The molecule has 8 heteroatoms. The van der Waals surface area contributed by atoms with Crippen LogP contribution in [0.2, 0.25) is 5.02 Å². The Morgan fingerprint density at radius 3 is 2.39 bits per heavy atom. The largest absolute Gasteiger partial charge is 0.436 e. The van der Waals surface area contributed by atoms with Crippen molar-refractivity contribution in [3.8, 4) is 11.5 Å². The fraction of sp³-hybridized carbons (Fsp3) is 0.152. The second-order valence-electron chi connectivity index (χ2n) is 9.95. The van der Waals surface area contributed by atoms with E-state index in [4.69, 9.17) is 16.0 Å². The summed E-state index contributed by atoms with van der Waals surface area (Å²) in [4.78, 5) is 47.7. The van der Waals surface area contributed by atoms with Crippen molar-refractivity contribution in [1.29, 1.82) is 0 Å². The van der Waals surface area contributed by atoms with Crippen LogP contribution in [0.3, 0.4) is 0 Å². The molecule has 0 radical (unpaired) electrons. The number of amides is 3. The van der Waals surface area contributed by atoms with Crippen molar-refractivity contribution in [2.75, 3.05) is 11.4 Å². The molecule has 1 aromatic heterocycles. The molecule has 1 saturated heterocycles. The molecular formula is C33H26ClN3O4. The van der Waals surface area contributed by atoms with E-state index in [-0.39, 0.29) is 31.2 Å². The van der Waals surface area contributed by atoms with Crippen LogP contribution in [0.25, 0.3) is 22.6 Å². The lowest BCUT2D eigenvalue weighted by Gasteiger charge is -2.28. The topological polar surface area (TPSA) is 83.7 Å². The molecule has 7 nitrogen and oxygen atoms in total. The minimum atomic E-state index is -0.894. The molecule has 1 atom stereocenters. The van der Waals surface area contributed by atoms with Gasteiger partial charge in [-0.1, -0.05) is 66.2 Å². The first-order valence-electron chi connectivity index (χ1n) is 13.4. The van der Waals surface area contributed by atoms with Crippen molar-refractivity contribution in [3.05, 3.63) is 119 Å². The molecule has 0 aliphatic carbocycles. The summed E-state index contributed by atoms with van der Waals surface area (Å²) in [5.41, 5.74) is 4.37. The number of hydrogen-bond donors (Lipinski definition) is 0. The number of nitrogens with zero attached hydrogens (tertiary/aromatic N) is 3. The maximum absolute atomic E-state index is 13.7. The van der Waals surface area contributed by atoms with Crippen molar-refractivity contribution in [2.45, 2.75) is 25.3 Å². The summed E-state index contributed by atoms with van der Waals surface area (Å²) >= 11 is 6.16. The summed E-state index contributed by atoms with van der Waals surface area (Å²) in [7, 11) is 0. The lowest BCUT2D eigenvalue weighted by molar-refractivity contribution is -0.137. The maximum Gasteiger partial charge on any atom is 0.257 e. The third kappa shape index (κ3) is 5.62. The molecule has 1 aliphatic rings. The summed E-state index contributed by atoms with van der Waals surface area (Å²) in [6.07, 6.45) is 0.549. The zero-order valence-electron chi connectivity index (χ0n) is 22.1. The predicted octanol–water partition coefficient (Wildman–Crippen LogP) is 6.09. The molecule has 2 heterocycles. The number of hydrogen-bond acceptors (Lipinski definition) is 5. The molecule has 41 heavy (non-hydrogen) atoms. The number of aromatic nitrogens is 1. The van der Waals surface area contributed by atoms with Crippen molar-refractivity contribution < 1.29 is 18.8 Å². The Balaban J connectivity index is 1.24.